The summed E-state index contributed by atoms with van der Waals surface area (Å²) in [4.78, 5) is 22.5. The number of carboxylic acid groups (broad SMARTS) is 1. The summed E-state index contributed by atoms with van der Waals surface area (Å²) in [5, 5.41) is 9.06. The maximum Gasteiger partial charge on any atom is 0.310 e. The summed E-state index contributed by atoms with van der Waals surface area (Å²) >= 11 is 3.44. The first kappa shape index (κ1) is 11.6. The zero-order chi connectivity index (χ0) is 10.0. The van der Waals surface area contributed by atoms with Gasteiger partial charge in [0.1, 0.15) is 6.10 Å². The number of carboxylic acids is 1. The molecular weight excluding hydrogens is 300 g/mol. The van der Waals surface area contributed by atoms with Crippen LogP contribution in [0.3, 0.4) is 0 Å². The summed E-state index contributed by atoms with van der Waals surface area (Å²) in [6.07, 6.45) is 0.738. The number of ether oxygens (including phenoxy) is 1. The third kappa shape index (κ3) is 1.29. The topological polar surface area (TPSA) is 63.6 Å². The zero-order valence-electron chi connectivity index (χ0n) is 7.72. The van der Waals surface area contributed by atoms with Gasteiger partial charge in [0.25, 0.3) is 0 Å². The van der Waals surface area contributed by atoms with Crippen LogP contribution in [-0.4, -0.2) is 28.0 Å². The fourth-order valence-electron chi connectivity index (χ4n) is 3.31. The number of esters is 1. The minimum atomic E-state index is -0.857. The summed E-state index contributed by atoms with van der Waals surface area (Å²) in [6.45, 7) is 0. The molecule has 0 aromatic rings. The first-order valence-corrected chi connectivity index (χ1v) is 5.60. The molecule has 1 aliphatic heterocycles. The Labute approximate surface area is 110 Å². The number of carbonyl (C=O) groups is 2. The van der Waals surface area contributed by atoms with Crippen LogP contribution in [0, 0.1) is 23.7 Å². The first-order valence-electron chi connectivity index (χ1n) is 4.68. The van der Waals surface area contributed by atoms with Crippen LogP contribution in [0.25, 0.3) is 0 Å². The second kappa shape index (κ2) is 3.57. The molecule has 1 heterocycles. The number of aliphatic carboxylic acids is 1. The van der Waals surface area contributed by atoms with Crippen molar-refractivity contribution < 1.29 is 41.2 Å². The van der Waals surface area contributed by atoms with Gasteiger partial charge in [-0.25, -0.2) is 0 Å². The van der Waals surface area contributed by atoms with Gasteiger partial charge in [-0.2, -0.15) is 0 Å². The maximum absolute atomic E-state index is 11.4. The molecular formula is C9H9BrO4Ti. The van der Waals surface area contributed by atoms with E-state index in [9.17, 15) is 9.59 Å². The van der Waals surface area contributed by atoms with Crippen molar-refractivity contribution in [3.05, 3.63) is 0 Å². The number of hydrogen-bond acceptors (Lipinski definition) is 3. The van der Waals surface area contributed by atoms with E-state index in [-0.39, 0.29) is 56.4 Å². The number of hydrogen-bond donors (Lipinski definition) is 1. The zero-order valence-corrected chi connectivity index (χ0v) is 10.9. The van der Waals surface area contributed by atoms with E-state index in [0.29, 0.717) is 0 Å². The van der Waals surface area contributed by atoms with Crippen molar-refractivity contribution in [3.63, 3.8) is 0 Å². The fourth-order valence-corrected chi connectivity index (χ4v) is 4.35. The van der Waals surface area contributed by atoms with Crippen molar-refractivity contribution in [2.45, 2.75) is 17.4 Å². The molecule has 0 aromatic heterocycles. The minimum absolute atomic E-state index is 0. The number of carbonyl (C=O) groups excluding carboxylic acids is 1. The van der Waals surface area contributed by atoms with E-state index in [1.54, 1.807) is 0 Å². The van der Waals surface area contributed by atoms with Gasteiger partial charge in [0.15, 0.2) is 0 Å². The van der Waals surface area contributed by atoms with E-state index < -0.39 is 11.9 Å². The van der Waals surface area contributed by atoms with E-state index >= 15 is 0 Å². The monoisotopic (exact) mass is 308 g/mol. The molecule has 6 unspecified atom stereocenters. The van der Waals surface area contributed by atoms with Crippen LogP contribution in [0.2, 0.25) is 0 Å². The average Bonchev–Trinajstić information content (AvgIpc) is 2.67. The van der Waals surface area contributed by atoms with Crippen LogP contribution in [-0.2, 0) is 36.0 Å². The van der Waals surface area contributed by atoms with Crippen LogP contribution in [0.1, 0.15) is 6.42 Å². The van der Waals surface area contributed by atoms with Gasteiger partial charge in [-0.15, -0.1) is 0 Å². The molecule has 3 rings (SSSR count). The van der Waals surface area contributed by atoms with E-state index in [0.717, 1.165) is 6.42 Å². The minimum Gasteiger partial charge on any atom is -0.481 e. The fraction of sp³-hybridized carbons (Fsp3) is 0.778. The van der Waals surface area contributed by atoms with Gasteiger partial charge >= 0.3 is 11.9 Å². The molecule has 15 heavy (non-hydrogen) atoms. The number of alkyl halides is 1. The third-order valence-corrected chi connectivity index (χ3v) is 5.01. The van der Waals surface area contributed by atoms with Crippen molar-refractivity contribution in [2.24, 2.45) is 23.7 Å². The predicted octanol–water partition coefficient (Wildman–Crippen LogP) is 0.639. The molecule has 6 heteroatoms. The molecule has 1 saturated heterocycles. The summed E-state index contributed by atoms with van der Waals surface area (Å²) < 4.78 is 5.18. The Kier molecular flexibility index (Phi) is 2.76. The van der Waals surface area contributed by atoms with Crippen LogP contribution in [0.15, 0.2) is 0 Å². The Bertz CT molecular complexity index is 334. The molecule has 1 N–H and O–H groups in total. The van der Waals surface area contributed by atoms with Gasteiger partial charge < -0.3 is 9.84 Å². The quantitative estimate of drug-likeness (QED) is 0.439. The first-order chi connectivity index (χ1) is 6.61. The third-order valence-electron chi connectivity index (χ3n) is 3.81. The molecule has 2 saturated carbocycles. The average molecular weight is 309 g/mol. The van der Waals surface area contributed by atoms with Gasteiger partial charge in [-0.05, 0) is 12.3 Å². The Hall–Kier alpha value is 0.134. The molecule has 0 spiro atoms. The molecule has 80 valence electrons. The molecule has 3 fully saturated rings. The van der Waals surface area contributed by atoms with Crippen molar-refractivity contribution >= 4 is 27.9 Å². The molecule has 2 aliphatic carbocycles. The Morgan fingerprint density at radius 1 is 1.47 bits per heavy atom. The second-order valence-electron chi connectivity index (χ2n) is 4.30. The van der Waals surface area contributed by atoms with E-state index in [2.05, 4.69) is 15.9 Å². The maximum atomic E-state index is 11.4. The molecule has 0 amide bonds. The van der Waals surface area contributed by atoms with Crippen LogP contribution >= 0.6 is 15.9 Å². The van der Waals surface area contributed by atoms with E-state index in [4.69, 9.17) is 9.84 Å². The van der Waals surface area contributed by atoms with Crippen molar-refractivity contribution in [3.8, 4) is 0 Å². The Balaban J connectivity index is 0.000000853. The second-order valence-corrected chi connectivity index (χ2v) is 5.36. The van der Waals surface area contributed by atoms with Gasteiger partial charge in [-0.1, -0.05) is 15.9 Å². The SMILES string of the molecule is O=C(O)C1C2CC3C(OC(=O)C31)C2Br.[Ti]. The number of halogens is 1. The molecule has 4 nitrogen and oxygen atoms in total. The van der Waals surface area contributed by atoms with Crippen molar-refractivity contribution in [1.82, 2.24) is 0 Å². The normalized spacial score (nSPS) is 50.1. The molecule has 6 atom stereocenters. The summed E-state index contributed by atoms with van der Waals surface area (Å²) in [5.74, 6) is -1.87. The molecule has 3 aliphatic rings. The number of rotatable bonds is 1. The molecule has 0 aromatic carbocycles. The van der Waals surface area contributed by atoms with Gasteiger partial charge in [-0.3, -0.25) is 9.59 Å². The standard InChI is InChI=1S/C9H9BrO4.Ti/c10-6-2-1-3-5(4(2)8(11)12)9(13)14-7(3)6;/h2-7H,1H2,(H,11,12);. The number of fused-ring (bicyclic) bond motifs is 1. The molecule has 2 bridgehead atoms. The Morgan fingerprint density at radius 3 is 2.73 bits per heavy atom. The molecule has 0 radical (unpaired) electrons. The van der Waals surface area contributed by atoms with Crippen molar-refractivity contribution in [1.29, 1.82) is 0 Å². The van der Waals surface area contributed by atoms with Crippen LogP contribution < -0.4 is 0 Å². The van der Waals surface area contributed by atoms with Gasteiger partial charge in [0.2, 0.25) is 0 Å². The largest absolute Gasteiger partial charge is 0.481 e. The van der Waals surface area contributed by atoms with Gasteiger partial charge in [0.05, 0.1) is 16.7 Å². The van der Waals surface area contributed by atoms with Crippen molar-refractivity contribution in [2.75, 3.05) is 0 Å². The summed E-state index contributed by atoms with van der Waals surface area (Å²) in [6, 6.07) is 0. The Morgan fingerprint density at radius 2 is 2.13 bits per heavy atom. The summed E-state index contributed by atoms with van der Waals surface area (Å²) in [5.41, 5.74) is 0. The van der Waals surface area contributed by atoms with Crippen LogP contribution in [0.4, 0.5) is 0 Å². The van der Waals surface area contributed by atoms with Gasteiger partial charge in [0, 0.05) is 27.6 Å². The predicted molar refractivity (Wildman–Crippen MR) is 48.8 cm³/mol. The van der Waals surface area contributed by atoms with Crippen LogP contribution in [0.5, 0.6) is 0 Å². The smallest absolute Gasteiger partial charge is 0.310 e. The van der Waals surface area contributed by atoms with E-state index in [1.165, 1.54) is 0 Å². The summed E-state index contributed by atoms with van der Waals surface area (Å²) in [7, 11) is 0. The van der Waals surface area contributed by atoms with E-state index in [1.807, 2.05) is 0 Å².